The molecule has 1 aromatic heterocycles. The molecule has 0 radical (unpaired) electrons. The SMILES string of the molecule is Cc1cc(-c2cc(S(=O)(=O)C(C)C(F)(F)F)cnc2NCC2CC2)c2ccnc-2n1O. The van der Waals surface area contributed by atoms with E-state index in [4.69, 9.17) is 0 Å². The van der Waals surface area contributed by atoms with Crippen molar-refractivity contribution in [1.82, 2.24) is 14.7 Å². The highest BCUT2D eigenvalue weighted by Gasteiger charge is 2.46. The summed E-state index contributed by atoms with van der Waals surface area (Å²) in [5, 5.41) is 10.8. The lowest BCUT2D eigenvalue weighted by Crippen LogP contribution is -2.34. The van der Waals surface area contributed by atoms with Crippen molar-refractivity contribution in [2.45, 2.75) is 43.0 Å². The molecular weight excluding hydrogens is 433 g/mol. The van der Waals surface area contributed by atoms with Crippen LogP contribution in [0.3, 0.4) is 0 Å². The van der Waals surface area contributed by atoms with Crippen molar-refractivity contribution < 1.29 is 26.8 Å². The smallest absolute Gasteiger partial charge is 0.405 e. The molecule has 7 nitrogen and oxygen atoms in total. The van der Waals surface area contributed by atoms with Gasteiger partial charge in [0.05, 0.1) is 10.6 Å². The average molecular weight is 454 g/mol. The molecule has 1 aromatic rings. The first kappa shape index (κ1) is 21.4. The van der Waals surface area contributed by atoms with E-state index < -0.39 is 26.2 Å². The van der Waals surface area contributed by atoms with E-state index in [1.54, 1.807) is 19.1 Å². The van der Waals surface area contributed by atoms with Gasteiger partial charge in [0.25, 0.3) is 0 Å². The maximum absolute atomic E-state index is 13.2. The van der Waals surface area contributed by atoms with Gasteiger partial charge < -0.3 is 10.5 Å². The van der Waals surface area contributed by atoms with Crippen LogP contribution in [0, 0.1) is 12.8 Å². The number of pyridine rings is 2. The van der Waals surface area contributed by atoms with Crippen molar-refractivity contribution in [1.29, 1.82) is 0 Å². The number of sulfone groups is 1. The number of rotatable bonds is 6. The van der Waals surface area contributed by atoms with E-state index in [1.165, 1.54) is 12.3 Å². The largest absolute Gasteiger partial charge is 0.427 e. The van der Waals surface area contributed by atoms with Crippen LogP contribution in [0.2, 0.25) is 0 Å². The van der Waals surface area contributed by atoms with Crippen LogP contribution in [-0.2, 0) is 9.84 Å². The fraction of sp³-hybridized carbons (Fsp3) is 0.400. The normalized spacial score (nSPS) is 15.9. The molecule has 0 saturated heterocycles. The molecule has 1 aliphatic carbocycles. The molecule has 0 aromatic carbocycles. The first-order chi connectivity index (χ1) is 14.5. The van der Waals surface area contributed by atoms with E-state index in [1.807, 2.05) is 0 Å². The number of hydrogen-bond acceptors (Lipinski definition) is 6. The summed E-state index contributed by atoms with van der Waals surface area (Å²) >= 11 is 0. The van der Waals surface area contributed by atoms with Crippen LogP contribution in [-0.4, -0.2) is 46.3 Å². The number of aromatic nitrogens is 3. The zero-order valence-corrected chi connectivity index (χ0v) is 17.6. The lowest BCUT2D eigenvalue weighted by Gasteiger charge is -2.19. The van der Waals surface area contributed by atoms with E-state index in [0.29, 0.717) is 47.6 Å². The third-order valence-electron chi connectivity index (χ3n) is 5.52. The first-order valence-electron chi connectivity index (χ1n) is 9.71. The van der Waals surface area contributed by atoms with Gasteiger partial charge in [-0.25, -0.2) is 18.4 Å². The number of hydrogen-bond donors (Lipinski definition) is 2. The van der Waals surface area contributed by atoms with E-state index in [9.17, 15) is 26.8 Å². The van der Waals surface area contributed by atoms with Gasteiger partial charge in [-0.3, -0.25) is 0 Å². The Kier molecular flexibility index (Phi) is 5.11. The van der Waals surface area contributed by atoms with Gasteiger partial charge in [0, 0.05) is 30.1 Å². The Morgan fingerprint density at radius 1 is 1.23 bits per heavy atom. The minimum atomic E-state index is -4.91. The summed E-state index contributed by atoms with van der Waals surface area (Å²) in [6.45, 7) is 2.88. The molecule has 3 heterocycles. The molecule has 4 rings (SSSR count). The van der Waals surface area contributed by atoms with Crippen LogP contribution >= 0.6 is 0 Å². The molecule has 11 heteroatoms. The minimum absolute atomic E-state index is 0.250. The third-order valence-corrected chi connectivity index (χ3v) is 7.60. The molecule has 3 aliphatic rings. The summed E-state index contributed by atoms with van der Waals surface area (Å²) in [5.41, 5.74) is 1.78. The van der Waals surface area contributed by atoms with Gasteiger partial charge in [-0.05, 0) is 56.4 Å². The highest BCUT2D eigenvalue weighted by molar-refractivity contribution is 7.92. The summed E-state index contributed by atoms with van der Waals surface area (Å²) < 4.78 is 65.7. The number of anilines is 1. The summed E-state index contributed by atoms with van der Waals surface area (Å²) in [5.74, 6) is 1.10. The standard InChI is InChI=1S/C20H21F3N4O3S/c1-11-7-16(15-5-6-24-19(15)27(11)28)17-8-14(31(29,30)12(2)20(21,22)23)10-26-18(17)25-9-13-3-4-13/h5-8,10,12-13,28H,3-4,9H2,1-2H3,(H,25,26). The number of nitrogens with one attached hydrogen (secondary N) is 1. The number of aryl methyl sites for hydroxylation is 1. The van der Waals surface area contributed by atoms with Crippen LogP contribution < -0.4 is 5.32 Å². The second kappa shape index (κ2) is 7.40. The fourth-order valence-electron chi connectivity index (χ4n) is 3.33. The molecular formula is C20H21F3N4O3S. The zero-order valence-electron chi connectivity index (χ0n) is 16.8. The van der Waals surface area contributed by atoms with E-state index in [0.717, 1.165) is 23.8 Å². The highest BCUT2D eigenvalue weighted by atomic mass is 32.2. The molecule has 1 fully saturated rings. The van der Waals surface area contributed by atoms with Crippen LogP contribution in [0.5, 0.6) is 0 Å². The Balaban J connectivity index is 1.88. The van der Waals surface area contributed by atoms with Gasteiger partial charge in [0.2, 0.25) is 0 Å². The molecule has 31 heavy (non-hydrogen) atoms. The highest BCUT2D eigenvalue weighted by Crippen LogP contribution is 2.40. The summed E-state index contributed by atoms with van der Waals surface area (Å²) in [6, 6.07) is 4.47. The topological polar surface area (TPSA) is 97.1 Å². The Morgan fingerprint density at radius 3 is 2.58 bits per heavy atom. The first-order valence-corrected chi connectivity index (χ1v) is 11.3. The van der Waals surface area contributed by atoms with Crippen molar-refractivity contribution in [3.63, 3.8) is 0 Å². The summed E-state index contributed by atoms with van der Waals surface area (Å²) in [7, 11) is -4.71. The minimum Gasteiger partial charge on any atom is -0.427 e. The van der Waals surface area contributed by atoms with Gasteiger partial charge in [0.1, 0.15) is 5.82 Å². The predicted octanol–water partition coefficient (Wildman–Crippen LogP) is 4.14. The Hall–Kier alpha value is -2.82. The van der Waals surface area contributed by atoms with Crippen molar-refractivity contribution in [2.75, 3.05) is 11.9 Å². The molecule has 1 unspecified atom stereocenters. The lowest BCUT2D eigenvalue weighted by molar-refractivity contribution is -0.126. The maximum Gasteiger partial charge on any atom is 0.405 e. The lowest BCUT2D eigenvalue weighted by atomic mass is 10.00. The average Bonchev–Trinajstić information content (AvgIpc) is 3.41. The second-order valence-electron chi connectivity index (χ2n) is 7.81. The van der Waals surface area contributed by atoms with Crippen LogP contribution in [0.25, 0.3) is 22.5 Å². The summed E-state index contributed by atoms with van der Waals surface area (Å²) in [4.78, 5) is 7.78. The van der Waals surface area contributed by atoms with Crippen molar-refractivity contribution in [3.05, 3.63) is 36.3 Å². The number of nitrogens with zero attached hydrogens (tertiary/aromatic N) is 3. The Morgan fingerprint density at radius 2 is 1.94 bits per heavy atom. The van der Waals surface area contributed by atoms with E-state index in [-0.39, 0.29) is 5.82 Å². The molecule has 0 bridgehead atoms. The van der Waals surface area contributed by atoms with Crippen LogP contribution in [0.1, 0.15) is 25.5 Å². The van der Waals surface area contributed by atoms with Crippen molar-refractivity contribution in [2.24, 2.45) is 5.92 Å². The third kappa shape index (κ3) is 3.93. The molecule has 1 saturated carbocycles. The van der Waals surface area contributed by atoms with Gasteiger partial charge >= 0.3 is 6.18 Å². The van der Waals surface area contributed by atoms with Gasteiger partial charge in [-0.1, -0.05) is 0 Å². The number of alkyl halides is 3. The van der Waals surface area contributed by atoms with Gasteiger partial charge in [-0.2, -0.15) is 17.9 Å². The van der Waals surface area contributed by atoms with E-state index in [2.05, 4.69) is 15.3 Å². The predicted molar refractivity (Wildman–Crippen MR) is 108 cm³/mol. The number of halogens is 3. The zero-order chi connectivity index (χ0) is 22.6. The Labute approximate surface area is 177 Å². The van der Waals surface area contributed by atoms with Gasteiger partial charge in [-0.15, -0.1) is 0 Å². The van der Waals surface area contributed by atoms with E-state index >= 15 is 0 Å². The van der Waals surface area contributed by atoms with Crippen LogP contribution in [0.4, 0.5) is 19.0 Å². The monoisotopic (exact) mass is 454 g/mol. The molecule has 1 atom stereocenters. The van der Waals surface area contributed by atoms with Crippen molar-refractivity contribution in [3.8, 4) is 22.5 Å². The van der Waals surface area contributed by atoms with Gasteiger partial charge in [0.15, 0.2) is 20.9 Å². The number of fused-ring (bicyclic) bond motifs is 1. The molecule has 2 aliphatic heterocycles. The second-order valence-corrected chi connectivity index (χ2v) is 10.1. The maximum atomic E-state index is 13.2. The van der Waals surface area contributed by atoms with Crippen molar-refractivity contribution >= 4 is 15.7 Å². The molecule has 2 N–H and O–H groups in total. The fourth-order valence-corrected chi connectivity index (χ4v) is 4.58. The quantitative estimate of drug-likeness (QED) is 0.544. The molecule has 166 valence electrons. The Bertz CT molecular complexity index is 1200. The summed E-state index contributed by atoms with van der Waals surface area (Å²) in [6.07, 6.45) is -0.319. The van der Waals surface area contributed by atoms with Crippen LogP contribution in [0.15, 0.2) is 35.5 Å². The molecule has 0 amide bonds. The molecule has 0 spiro atoms.